The quantitative estimate of drug-likeness (QED) is 0.867. The maximum Gasteiger partial charge on any atom is 0.236 e. The summed E-state index contributed by atoms with van der Waals surface area (Å²) in [6.07, 6.45) is 1.81. The van der Waals surface area contributed by atoms with Gasteiger partial charge in [-0.3, -0.25) is 0 Å². The molecule has 0 aliphatic carbocycles. The highest BCUT2D eigenvalue weighted by atomic mass is 79.9. The maximum absolute atomic E-state index is 10.9. The molecule has 1 heterocycles. The monoisotopic (exact) mass is 307 g/mol. The Bertz CT molecular complexity index is 606. The van der Waals surface area contributed by atoms with Crippen molar-refractivity contribution in [3.63, 3.8) is 0 Å². The van der Waals surface area contributed by atoms with E-state index in [1.54, 1.807) is 12.1 Å². The smallest absolute Gasteiger partial charge is 0.236 e. The number of aromatic nitrogens is 1. The Labute approximate surface area is 100.0 Å². The molecular formula is C9H7BrClNO2S. The van der Waals surface area contributed by atoms with E-state index in [-0.39, 0.29) is 5.75 Å². The van der Waals surface area contributed by atoms with E-state index in [1.165, 1.54) is 0 Å². The van der Waals surface area contributed by atoms with Crippen LogP contribution in [0.5, 0.6) is 0 Å². The molecule has 0 fully saturated rings. The Morgan fingerprint density at radius 2 is 2.13 bits per heavy atom. The van der Waals surface area contributed by atoms with E-state index in [0.717, 1.165) is 15.4 Å². The topological polar surface area (TPSA) is 49.9 Å². The van der Waals surface area contributed by atoms with E-state index in [4.69, 9.17) is 10.7 Å². The minimum Gasteiger partial charge on any atom is -0.360 e. The lowest BCUT2D eigenvalue weighted by atomic mass is 10.2. The van der Waals surface area contributed by atoms with Gasteiger partial charge in [0, 0.05) is 32.3 Å². The minimum absolute atomic E-state index is 0.152. The maximum atomic E-state index is 10.9. The molecule has 2 rings (SSSR count). The molecule has 0 radical (unpaired) electrons. The Morgan fingerprint density at radius 1 is 1.40 bits per heavy atom. The van der Waals surface area contributed by atoms with Gasteiger partial charge in [-0.2, -0.15) is 0 Å². The zero-order valence-corrected chi connectivity index (χ0v) is 10.7. The number of nitrogens with one attached hydrogen (secondary N) is 1. The number of H-pyrrole nitrogens is 1. The van der Waals surface area contributed by atoms with Crippen molar-refractivity contribution in [2.75, 3.05) is 0 Å². The van der Waals surface area contributed by atoms with E-state index < -0.39 is 9.05 Å². The van der Waals surface area contributed by atoms with Crippen molar-refractivity contribution >= 4 is 46.6 Å². The van der Waals surface area contributed by atoms with Gasteiger partial charge in [0.25, 0.3) is 0 Å². The summed E-state index contributed by atoms with van der Waals surface area (Å²) < 4.78 is 22.7. The first-order valence-electron chi connectivity index (χ1n) is 4.13. The number of benzene rings is 1. The van der Waals surface area contributed by atoms with Crippen LogP contribution in [0.3, 0.4) is 0 Å². The van der Waals surface area contributed by atoms with Crippen molar-refractivity contribution in [1.82, 2.24) is 4.98 Å². The molecule has 80 valence electrons. The molecule has 0 atom stereocenters. The summed E-state index contributed by atoms with van der Waals surface area (Å²) >= 11 is 3.38. The highest BCUT2D eigenvalue weighted by Gasteiger charge is 2.08. The predicted octanol–water partition coefficient (Wildman–Crippen LogP) is 3.00. The second-order valence-corrected chi connectivity index (χ2v) is 6.83. The van der Waals surface area contributed by atoms with Crippen LogP contribution in [0.15, 0.2) is 28.9 Å². The van der Waals surface area contributed by atoms with Crippen LogP contribution in [0, 0.1) is 0 Å². The number of halogens is 2. The molecule has 0 aliphatic heterocycles. The SMILES string of the molecule is O=S(=O)(Cl)Cc1ccc2c(Br)c[nH]c2c1. The van der Waals surface area contributed by atoms with Gasteiger partial charge in [-0.15, -0.1) is 0 Å². The zero-order valence-electron chi connectivity index (χ0n) is 7.50. The van der Waals surface area contributed by atoms with E-state index in [1.807, 2.05) is 12.3 Å². The number of hydrogen-bond acceptors (Lipinski definition) is 2. The molecule has 0 saturated carbocycles. The van der Waals surface area contributed by atoms with Crippen molar-refractivity contribution in [3.8, 4) is 0 Å². The van der Waals surface area contributed by atoms with Crippen molar-refractivity contribution < 1.29 is 8.42 Å². The standard InChI is InChI=1S/C9H7BrClNO2S/c10-8-4-12-9-3-6(1-2-7(8)9)5-15(11,13)14/h1-4,12H,5H2. The first-order valence-corrected chi connectivity index (χ1v) is 7.41. The largest absolute Gasteiger partial charge is 0.360 e. The summed E-state index contributed by atoms with van der Waals surface area (Å²) in [6, 6.07) is 5.38. The normalized spacial score (nSPS) is 12.1. The Morgan fingerprint density at radius 3 is 2.80 bits per heavy atom. The first kappa shape index (κ1) is 11.0. The van der Waals surface area contributed by atoms with E-state index in [0.29, 0.717) is 5.56 Å². The number of fused-ring (bicyclic) bond motifs is 1. The predicted molar refractivity (Wildman–Crippen MR) is 64.5 cm³/mol. The van der Waals surface area contributed by atoms with Gasteiger partial charge in [-0.05, 0) is 27.6 Å². The van der Waals surface area contributed by atoms with E-state index >= 15 is 0 Å². The third-order valence-corrected chi connectivity index (χ3v) is 3.70. The van der Waals surface area contributed by atoms with Crippen LogP contribution < -0.4 is 0 Å². The molecule has 0 unspecified atom stereocenters. The van der Waals surface area contributed by atoms with Gasteiger partial charge in [-0.1, -0.05) is 12.1 Å². The molecule has 3 nitrogen and oxygen atoms in total. The van der Waals surface area contributed by atoms with Crippen LogP contribution in [0.2, 0.25) is 0 Å². The third-order valence-electron chi connectivity index (χ3n) is 2.03. The Hall–Kier alpha value is -0.520. The molecule has 0 saturated heterocycles. The molecule has 0 spiro atoms. The molecule has 6 heteroatoms. The van der Waals surface area contributed by atoms with E-state index in [2.05, 4.69) is 20.9 Å². The fourth-order valence-electron chi connectivity index (χ4n) is 1.43. The van der Waals surface area contributed by atoms with Gasteiger partial charge in [0.1, 0.15) is 0 Å². The fourth-order valence-corrected chi connectivity index (χ4v) is 2.84. The Kier molecular flexibility index (Phi) is 2.79. The van der Waals surface area contributed by atoms with Crippen LogP contribution in [-0.4, -0.2) is 13.4 Å². The summed E-state index contributed by atoms with van der Waals surface area (Å²) in [5.41, 5.74) is 1.56. The number of rotatable bonds is 2. The van der Waals surface area contributed by atoms with Crippen molar-refractivity contribution in [2.24, 2.45) is 0 Å². The summed E-state index contributed by atoms with van der Waals surface area (Å²) in [5.74, 6) is -0.152. The second-order valence-electron chi connectivity index (χ2n) is 3.20. The summed E-state index contributed by atoms with van der Waals surface area (Å²) in [6.45, 7) is 0. The zero-order chi connectivity index (χ0) is 11.1. The molecule has 0 bridgehead atoms. The third kappa shape index (κ3) is 2.53. The number of hydrogen-bond donors (Lipinski definition) is 1. The van der Waals surface area contributed by atoms with Crippen molar-refractivity contribution in [1.29, 1.82) is 0 Å². The van der Waals surface area contributed by atoms with Gasteiger partial charge in [0.2, 0.25) is 9.05 Å². The van der Waals surface area contributed by atoms with Gasteiger partial charge >= 0.3 is 0 Å². The average molecular weight is 309 g/mol. The molecular weight excluding hydrogens is 302 g/mol. The summed E-state index contributed by atoms with van der Waals surface area (Å²) in [7, 11) is 1.68. The van der Waals surface area contributed by atoms with E-state index in [9.17, 15) is 8.42 Å². The van der Waals surface area contributed by atoms with Crippen LogP contribution >= 0.6 is 26.6 Å². The number of aromatic amines is 1. The molecule has 0 aliphatic rings. The highest BCUT2D eigenvalue weighted by Crippen LogP contribution is 2.25. The lowest BCUT2D eigenvalue weighted by molar-refractivity contribution is 0.609. The lowest BCUT2D eigenvalue weighted by Crippen LogP contribution is -1.94. The van der Waals surface area contributed by atoms with Crippen LogP contribution in [0.1, 0.15) is 5.56 Å². The van der Waals surface area contributed by atoms with Gasteiger partial charge in [0.15, 0.2) is 0 Å². The molecule has 0 amide bonds. The van der Waals surface area contributed by atoms with Crippen LogP contribution in [0.25, 0.3) is 10.9 Å². The molecule has 15 heavy (non-hydrogen) atoms. The first-order chi connectivity index (χ1) is 6.96. The van der Waals surface area contributed by atoms with Gasteiger partial charge in [0.05, 0.1) is 5.75 Å². The lowest BCUT2D eigenvalue weighted by Gasteiger charge is -1.98. The van der Waals surface area contributed by atoms with Crippen LogP contribution in [-0.2, 0) is 14.8 Å². The summed E-state index contributed by atoms with van der Waals surface area (Å²) in [4.78, 5) is 3.03. The van der Waals surface area contributed by atoms with Gasteiger partial charge in [-0.25, -0.2) is 8.42 Å². The molecule has 1 aromatic carbocycles. The highest BCUT2D eigenvalue weighted by molar-refractivity contribution is 9.10. The molecule has 2 aromatic rings. The van der Waals surface area contributed by atoms with Crippen molar-refractivity contribution in [3.05, 3.63) is 34.4 Å². The fraction of sp³-hybridized carbons (Fsp3) is 0.111. The minimum atomic E-state index is -3.49. The average Bonchev–Trinajstić information content (AvgIpc) is 2.45. The second kappa shape index (κ2) is 3.81. The van der Waals surface area contributed by atoms with Crippen LogP contribution in [0.4, 0.5) is 0 Å². The molecule has 1 N–H and O–H groups in total. The Balaban J connectivity index is 2.48. The van der Waals surface area contributed by atoms with Crippen molar-refractivity contribution in [2.45, 2.75) is 5.75 Å². The van der Waals surface area contributed by atoms with Gasteiger partial charge < -0.3 is 4.98 Å². The summed E-state index contributed by atoms with van der Waals surface area (Å²) in [5, 5.41) is 1.02. The molecule has 1 aromatic heterocycles.